The van der Waals surface area contributed by atoms with Crippen molar-refractivity contribution in [2.24, 2.45) is 0 Å². The standard InChI is InChI=1S/C14H18N2O3/c1-9-5-3-4-6-12(9)16-8-10(2)15-11(14(16)19)7-13(17)18/h3-6,10-11,15H,7-8H2,1-2H3,(H,17,18). The molecule has 102 valence electrons. The van der Waals surface area contributed by atoms with Crippen molar-refractivity contribution < 1.29 is 14.7 Å². The van der Waals surface area contributed by atoms with Crippen LogP contribution in [0, 0.1) is 6.92 Å². The number of amides is 1. The summed E-state index contributed by atoms with van der Waals surface area (Å²) in [5.74, 6) is -1.14. The fourth-order valence-electron chi connectivity index (χ4n) is 2.42. The van der Waals surface area contributed by atoms with Crippen LogP contribution in [0.25, 0.3) is 0 Å². The minimum atomic E-state index is -0.968. The van der Waals surface area contributed by atoms with Crippen molar-refractivity contribution in [3.8, 4) is 0 Å². The first-order valence-corrected chi connectivity index (χ1v) is 6.34. The molecule has 19 heavy (non-hydrogen) atoms. The van der Waals surface area contributed by atoms with Crippen LogP contribution >= 0.6 is 0 Å². The Hall–Kier alpha value is -1.88. The second-order valence-corrected chi connectivity index (χ2v) is 4.95. The minimum absolute atomic E-state index is 0.0710. The molecule has 0 bridgehead atoms. The highest BCUT2D eigenvalue weighted by Gasteiger charge is 2.34. The van der Waals surface area contributed by atoms with Crippen molar-refractivity contribution in [2.75, 3.05) is 11.4 Å². The molecule has 1 aromatic carbocycles. The van der Waals surface area contributed by atoms with Crippen molar-refractivity contribution in [3.63, 3.8) is 0 Å². The van der Waals surface area contributed by atoms with Crippen LogP contribution in [0.1, 0.15) is 18.9 Å². The van der Waals surface area contributed by atoms with Crippen LogP contribution in [0.2, 0.25) is 0 Å². The Morgan fingerprint density at radius 2 is 2.16 bits per heavy atom. The molecule has 1 amide bonds. The molecule has 1 aliphatic rings. The molecule has 1 aromatic rings. The summed E-state index contributed by atoms with van der Waals surface area (Å²) in [7, 11) is 0. The Labute approximate surface area is 112 Å². The number of benzene rings is 1. The van der Waals surface area contributed by atoms with Crippen LogP contribution in [-0.4, -0.2) is 35.6 Å². The minimum Gasteiger partial charge on any atom is -0.481 e. The van der Waals surface area contributed by atoms with E-state index >= 15 is 0 Å². The molecule has 5 heteroatoms. The molecule has 0 aliphatic carbocycles. The number of nitrogens with one attached hydrogen (secondary N) is 1. The summed E-state index contributed by atoms with van der Waals surface area (Å²) < 4.78 is 0. The lowest BCUT2D eigenvalue weighted by molar-refractivity contribution is -0.140. The van der Waals surface area contributed by atoms with E-state index in [-0.39, 0.29) is 18.4 Å². The van der Waals surface area contributed by atoms with E-state index in [1.807, 2.05) is 38.1 Å². The average molecular weight is 262 g/mol. The van der Waals surface area contributed by atoms with Crippen molar-refractivity contribution in [3.05, 3.63) is 29.8 Å². The summed E-state index contributed by atoms with van der Waals surface area (Å²) in [4.78, 5) is 24.9. The second kappa shape index (κ2) is 5.40. The lowest BCUT2D eigenvalue weighted by Gasteiger charge is -2.37. The first-order valence-electron chi connectivity index (χ1n) is 6.34. The number of hydrogen-bond donors (Lipinski definition) is 2. The van der Waals surface area contributed by atoms with E-state index in [9.17, 15) is 9.59 Å². The van der Waals surface area contributed by atoms with E-state index < -0.39 is 12.0 Å². The van der Waals surface area contributed by atoms with Gasteiger partial charge in [-0.05, 0) is 25.5 Å². The van der Waals surface area contributed by atoms with Gasteiger partial charge in [0.25, 0.3) is 0 Å². The van der Waals surface area contributed by atoms with Gasteiger partial charge in [0.1, 0.15) is 0 Å². The van der Waals surface area contributed by atoms with Gasteiger partial charge in [0, 0.05) is 18.3 Å². The topological polar surface area (TPSA) is 69.6 Å². The largest absolute Gasteiger partial charge is 0.481 e. The second-order valence-electron chi connectivity index (χ2n) is 4.95. The van der Waals surface area contributed by atoms with Crippen molar-refractivity contribution in [1.29, 1.82) is 0 Å². The number of para-hydroxylation sites is 1. The number of aliphatic carboxylic acids is 1. The fourth-order valence-corrected chi connectivity index (χ4v) is 2.42. The van der Waals surface area contributed by atoms with Crippen molar-refractivity contribution in [2.45, 2.75) is 32.4 Å². The number of carboxylic acids is 1. The lowest BCUT2D eigenvalue weighted by Crippen LogP contribution is -2.60. The number of carbonyl (C=O) groups excluding carboxylic acids is 1. The maximum atomic E-state index is 12.4. The molecule has 0 saturated carbocycles. The number of rotatable bonds is 3. The van der Waals surface area contributed by atoms with Gasteiger partial charge in [-0.1, -0.05) is 18.2 Å². The molecule has 1 saturated heterocycles. The maximum absolute atomic E-state index is 12.4. The highest BCUT2D eigenvalue weighted by molar-refractivity contribution is 6.00. The molecule has 2 unspecified atom stereocenters. The van der Waals surface area contributed by atoms with Gasteiger partial charge in [0.05, 0.1) is 12.5 Å². The Morgan fingerprint density at radius 1 is 1.47 bits per heavy atom. The van der Waals surface area contributed by atoms with Crippen LogP contribution in [-0.2, 0) is 9.59 Å². The third kappa shape index (κ3) is 2.93. The third-order valence-electron chi connectivity index (χ3n) is 3.29. The zero-order valence-electron chi connectivity index (χ0n) is 11.1. The number of carbonyl (C=O) groups is 2. The molecule has 1 heterocycles. The third-order valence-corrected chi connectivity index (χ3v) is 3.29. The number of anilines is 1. The van der Waals surface area contributed by atoms with E-state index in [4.69, 9.17) is 5.11 Å². The van der Waals surface area contributed by atoms with E-state index in [2.05, 4.69) is 5.32 Å². The summed E-state index contributed by atoms with van der Waals surface area (Å²) in [5.41, 5.74) is 1.87. The lowest BCUT2D eigenvalue weighted by atomic mass is 10.0. The number of aryl methyl sites for hydroxylation is 1. The van der Waals surface area contributed by atoms with Gasteiger partial charge in [-0.3, -0.25) is 9.59 Å². The predicted molar refractivity (Wildman–Crippen MR) is 72.2 cm³/mol. The first-order chi connectivity index (χ1) is 8.99. The molecule has 5 nitrogen and oxygen atoms in total. The van der Waals surface area contributed by atoms with Crippen LogP contribution in [0.5, 0.6) is 0 Å². The van der Waals surface area contributed by atoms with Gasteiger partial charge in [0.2, 0.25) is 5.91 Å². The molecule has 1 aliphatic heterocycles. The molecule has 2 atom stereocenters. The zero-order chi connectivity index (χ0) is 14.0. The monoisotopic (exact) mass is 262 g/mol. The molecular formula is C14H18N2O3. The number of piperazine rings is 1. The molecule has 1 fully saturated rings. The maximum Gasteiger partial charge on any atom is 0.305 e. The van der Waals surface area contributed by atoms with Gasteiger partial charge >= 0.3 is 5.97 Å². The summed E-state index contributed by atoms with van der Waals surface area (Å²) in [6.07, 6.45) is -0.189. The average Bonchev–Trinajstić information content (AvgIpc) is 2.33. The van der Waals surface area contributed by atoms with E-state index in [0.29, 0.717) is 6.54 Å². The smallest absolute Gasteiger partial charge is 0.305 e. The SMILES string of the molecule is Cc1ccccc1N1CC(C)NC(CC(=O)O)C1=O. The number of hydrogen-bond acceptors (Lipinski definition) is 3. The summed E-state index contributed by atoms with van der Waals surface area (Å²) in [6, 6.07) is 7.06. The van der Waals surface area contributed by atoms with E-state index in [0.717, 1.165) is 11.3 Å². The highest BCUT2D eigenvalue weighted by atomic mass is 16.4. The molecule has 2 rings (SSSR count). The van der Waals surface area contributed by atoms with Gasteiger partial charge in [-0.15, -0.1) is 0 Å². The van der Waals surface area contributed by atoms with Gasteiger partial charge in [-0.25, -0.2) is 0 Å². The quantitative estimate of drug-likeness (QED) is 0.857. The van der Waals surface area contributed by atoms with Crippen LogP contribution in [0.15, 0.2) is 24.3 Å². The van der Waals surface area contributed by atoms with Crippen molar-refractivity contribution in [1.82, 2.24) is 5.32 Å². The number of carboxylic acid groups (broad SMARTS) is 1. The Kier molecular flexibility index (Phi) is 3.85. The summed E-state index contributed by atoms with van der Waals surface area (Å²) >= 11 is 0. The Balaban J connectivity index is 2.27. The fraction of sp³-hybridized carbons (Fsp3) is 0.429. The van der Waals surface area contributed by atoms with Gasteiger partial charge in [-0.2, -0.15) is 0 Å². The predicted octanol–water partition coefficient (Wildman–Crippen LogP) is 1.16. The van der Waals surface area contributed by atoms with E-state index in [1.165, 1.54) is 0 Å². The molecule has 0 spiro atoms. The van der Waals surface area contributed by atoms with E-state index in [1.54, 1.807) is 4.90 Å². The normalized spacial score (nSPS) is 23.5. The van der Waals surface area contributed by atoms with Crippen molar-refractivity contribution >= 4 is 17.6 Å². The van der Waals surface area contributed by atoms with Crippen LogP contribution in [0.3, 0.4) is 0 Å². The molecule has 0 aromatic heterocycles. The van der Waals surface area contributed by atoms with Gasteiger partial charge < -0.3 is 15.3 Å². The Morgan fingerprint density at radius 3 is 2.79 bits per heavy atom. The Bertz CT molecular complexity index is 501. The summed E-state index contributed by atoms with van der Waals surface area (Å²) in [5, 5.41) is 11.9. The van der Waals surface area contributed by atoms with Crippen LogP contribution in [0.4, 0.5) is 5.69 Å². The zero-order valence-corrected chi connectivity index (χ0v) is 11.1. The van der Waals surface area contributed by atoms with Crippen LogP contribution < -0.4 is 10.2 Å². The van der Waals surface area contributed by atoms with Gasteiger partial charge in [0.15, 0.2) is 0 Å². The highest BCUT2D eigenvalue weighted by Crippen LogP contribution is 2.23. The molecule has 0 radical (unpaired) electrons. The number of nitrogens with zero attached hydrogens (tertiary/aromatic N) is 1. The first kappa shape index (κ1) is 13.5. The molecule has 2 N–H and O–H groups in total. The summed E-state index contributed by atoms with van der Waals surface area (Å²) in [6.45, 7) is 4.45. The molecular weight excluding hydrogens is 244 g/mol.